The molecule has 1 amide bonds. The lowest BCUT2D eigenvalue weighted by molar-refractivity contribution is -0.123. The summed E-state index contributed by atoms with van der Waals surface area (Å²) in [6.07, 6.45) is 7.00. The Bertz CT molecular complexity index is 1440. The number of carbonyl (C=O) groups is 1. The minimum absolute atomic E-state index is 0.0425. The number of para-hydroxylation sites is 1. The molecule has 2 aromatic carbocycles. The van der Waals surface area contributed by atoms with Gasteiger partial charge in [-0.1, -0.05) is 54.1 Å². The van der Waals surface area contributed by atoms with E-state index in [1.165, 1.54) is 0 Å². The van der Waals surface area contributed by atoms with Crippen molar-refractivity contribution >= 4 is 34.7 Å². The quantitative estimate of drug-likeness (QED) is 0.440. The largest absolute Gasteiger partial charge is 0.382 e. The summed E-state index contributed by atoms with van der Waals surface area (Å²) in [6.45, 7) is 1.59. The van der Waals surface area contributed by atoms with E-state index in [4.69, 9.17) is 17.3 Å². The maximum absolute atomic E-state index is 14.2. The van der Waals surface area contributed by atoms with E-state index in [2.05, 4.69) is 21.5 Å². The molecule has 0 bridgehead atoms. The molecule has 1 spiro atoms. The van der Waals surface area contributed by atoms with Crippen LogP contribution in [0.1, 0.15) is 18.4 Å². The molecule has 0 atom stereocenters. The molecular formula is C27H25ClN6O. The van der Waals surface area contributed by atoms with Gasteiger partial charge in [-0.05, 0) is 48.7 Å². The zero-order valence-corrected chi connectivity index (χ0v) is 20.1. The van der Waals surface area contributed by atoms with Gasteiger partial charge in [0, 0.05) is 30.6 Å². The number of amides is 1. The Morgan fingerprint density at radius 1 is 1.00 bits per heavy atom. The van der Waals surface area contributed by atoms with Gasteiger partial charge in [0.15, 0.2) is 0 Å². The monoisotopic (exact) mass is 484 g/mol. The predicted octanol–water partition coefficient (Wildman–Crippen LogP) is 4.68. The average Bonchev–Trinajstić information content (AvgIpc) is 3.42. The molecule has 1 fully saturated rings. The molecule has 0 aliphatic carbocycles. The first-order valence-corrected chi connectivity index (χ1v) is 12.1. The number of aromatic nitrogens is 3. The average molecular weight is 485 g/mol. The number of piperidine rings is 1. The number of benzene rings is 2. The van der Waals surface area contributed by atoms with Crippen LogP contribution in [0.15, 0.2) is 67.1 Å². The molecule has 6 rings (SSSR count). The summed E-state index contributed by atoms with van der Waals surface area (Å²) >= 11 is 6.81. The number of nitrogens with two attached hydrogens (primary N) is 1. The summed E-state index contributed by atoms with van der Waals surface area (Å²) in [6, 6.07) is 16.1. The summed E-state index contributed by atoms with van der Waals surface area (Å²) in [5.74, 6) is 0.245. The van der Waals surface area contributed by atoms with Crippen LogP contribution >= 0.6 is 11.6 Å². The van der Waals surface area contributed by atoms with Crippen LogP contribution in [0.5, 0.6) is 0 Å². The topological polar surface area (TPSA) is 89.1 Å². The Kier molecular flexibility index (Phi) is 5.12. The fraction of sp³-hybridized carbons (Fsp3) is 0.222. The normalized spacial score (nSPS) is 16.6. The number of anilines is 3. The number of halogens is 1. The van der Waals surface area contributed by atoms with Crippen molar-refractivity contribution in [1.82, 2.24) is 20.1 Å². The molecule has 2 aromatic heterocycles. The van der Waals surface area contributed by atoms with E-state index >= 15 is 0 Å². The second-order valence-corrected chi connectivity index (χ2v) is 9.57. The van der Waals surface area contributed by atoms with Gasteiger partial charge >= 0.3 is 0 Å². The molecule has 4 aromatic rings. The lowest BCUT2D eigenvalue weighted by atomic mass is 9.74. The molecule has 1 saturated heterocycles. The van der Waals surface area contributed by atoms with Crippen molar-refractivity contribution in [2.45, 2.75) is 18.3 Å². The lowest BCUT2D eigenvalue weighted by Gasteiger charge is -2.33. The number of fused-ring (bicyclic) bond motifs is 2. The van der Waals surface area contributed by atoms with Crippen LogP contribution in [0.25, 0.3) is 22.3 Å². The molecule has 0 unspecified atom stereocenters. The molecule has 4 heterocycles. The van der Waals surface area contributed by atoms with Crippen molar-refractivity contribution < 1.29 is 4.79 Å². The third-order valence-electron chi connectivity index (χ3n) is 7.21. The van der Waals surface area contributed by atoms with Gasteiger partial charge in [-0.2, -0.15) is 5.10 Å². The van der Waals surface area contributed by atoms with E-state index in [9.17, 15) is 4.79 Å². The molecule has 2 aliphatic heterocycles. The van der Waals surface area contributed by atoms with E-state index < -0.39 is 5.41 Å². The first-order chi connectivity index (χ1) is 17.0. The summed E-state index contributed by atoms with van der Waals surface area (Å²) in [5, 5.41) is 7.93. The minimum atomic E-state index is -0.565. The maximum Gasteiger partial charge on any atom is 0.242 e. The Balaban J connectivity index is 1.50. The second-order valence-electron chi connectivity index (χ2n) is 9.19. The van der Waals surface area contributed by atoms with Crippen molar-refractivity contribution in [2.24, 2.45) is 7.05 Å². The zero-order valence-electron chi connectivity index (χ0n) is 19.3. The van der Waals surface area contributed by atoms with Gasteiger partial charge in [-0.3, -0.25) is 14.4 Å². The van der Waals surface area contributed by atoms with E-state index in [-0.39, 0.29) is 16.7 Å². The van der Waals surface area contributed by atoms with Crippen molar-refractivity contribution in [3.8, 4) is 22.3 Å². The summed E-state index contributed by atoms with van der Waals surface area (Å²) in [5.41, 5.74) is 11.8. The fourth-order valence-electron chi connectivity index (χ4n) is 5.40. The highest BCUT2D eigenvalue weighted by Crippen LogP contribution is 2.53. The van der Waals surface area contributed by atoms with Gasteiger partial charge in [0.1, 0.15) is 10.8 Å². The molecule has 35 heavy (non-hydrogen) atoms. The van der Waals surface area contributed by atoms with Gasteiger partial charge < -0.3 is 11.1 Å². The molecule has 8 heteroatoms. The minimum Gasteiger partial charge on any atom is -0.382 e. The summed E-state index contributed by atoms with van der Waals surface area (Å²) in [7, 11) is 1.90. The van der Waals surface area contributed by atoms with Crippen LogP contribution in [0.3, 0.4) is 0 Å². The van der Waals surface area contributed by atoms with Crippen LogP contribution < -0.4 is 16.0 Å². The van der Waals surface area contributed by atoms with Crippen molar-refractivity contribution in [3.05, 3.63) is 77.7 Å². The molecule has 7 nitrogen and oxygen atoms in total. The number of hydrogen-bond acceptors (Lipinski definition) is 5. The number of hydrogen-bond donors (Lipinski definition) is 2. The smallest absolute Gasteiger partial charge is 0.242 e. The Morgan fingerprint density at radius 3 is 2.43 bits per heavy atom. The second kappa shape index (κ2) is 8.22. The van der Waals surface area contributed by atoms with E-state index in [1.807, 2.05) is 61.9 Å². The van der Waals surface area contributed by atoms with Gasteiger partial charge in [-0.25, -0.2) is 4.98 Å². The Hall–Kier alpha value is -3.68. The SMILES string of the molecule is Cn1cc(-c2ccc(-c3cnc(N)c(Cl)c3N3C(=O)C4(CCNCC4)c4ccccc43)cc2)cn1. The molecular weight excluding hydrogens is 460 g/mol. The summed E-state index contributed by atoms with van der Waals surface area (Å²) < 4.78 is 1.78. The Morgan fingerprint density at radius 2 is 1.71 bits per heavy atom. The highest BCUT2D eigenvalue weighted by molar-refractivity contribution is 6.37. The molecule has 3 N–H and O–H groups in total. The van der Waals surface area contributed by atoms with E-state index in [0.29, 0.717) is 5.69 Å². The van der Waals surface area contributed by atoms with Crippen molar-refractivity contribution in [2.75, 3.05) is 23.7 Å². The third-order valence-corrected chi connectivity index (χ3v) is 7.58. The molecule has 2 aliphatic rings. The van der Waals surface area contributed by atoms with Gasteiger partial charge in [0.05, 0.1) is 23.0 Å². The highest BCUT2D eigenvalue weighted by Gasteiger charge is 2.52. The molecule has 0 radical (unpaired) electrons. The van der Waals surface area contributed by atoms with Gasteiger partial charge in [0.25, 0.3) is 0 Å². The van der Waals surface area contributed by atoms with E-state index in [1.54, 1.807) is 15.8 Å². The van der Waals surface area contributed by atoms with Gasteiger partial charge in [-0.15, -0.1) is 0 Å². The number of rotatable bonds is 3. The van der Waals surface area contributed by atoms with Crippen molar-refractivity contribution in [1.29, 1.82) is 0 Å². The van der Waals surface area contributed by atoms with E-state index in [0.717, 1.165) is 59.4 Å². The number of nitrogens with zero attached hydrogens (tertiary/aromatic N) is 4. The number of carbonyl (C=O) groups excluding carboxylic acids is 1. The van der Waals surface area contributed by atoms with Crippen LogP contribution in [-0.4, -0.2) is 33.8 Å². The molecule has 0 saturated carbocycles. The third kappa shape index (κ3) is 3.34. The number of pyridine rings is 1. The van der Waals surface area contributed by atoms with Crippen LogP contribution in [0.2, 0.25) is 5.02 Å². The van der Waals surface area contributed by atoms with Crippen molar-refractivity contribution in [3.63, 3.8) is 0 Å². The first kappa shape index (κ1) is 21.8. The Labute approximate surface area is 208 Å². The van der Waals surface area contributed by atoms with Gasteiger partial charge in [0.2, 0.25) is 5.91 Å². The predicted molar refractivity (Wildman–Crippen MR) is 139 cm³/mol. The highest BCUT2D eigenvalue weighted by atomic mass is 35.5. The lowest BCUT2D eigenvalue weighted by Crippen LogP contribution is -2.46. The number of nitrogens with one attached hydrogen (secondary N) is 1. The molecule has 176 valence electrons. The standard InChI is InChI=1S/C27H25ClN6O/c1-33-16-19(14-32-33)17-6-8-18(9-7-17)20-15-31-25(29)23(28)24(20)34-22-5-3-2-4-21(22)27(26(34)35)10-12-30-13-11-27/h2-9,14-16,30H,10-13H2,1H3,(H2,29,31). The number of nitrogen functional groups attached to an aromatic ring is 1. The fourth-order valence-corrected chi connectivity index (χ4v) is 5.64. The number of aryl methyl sites for hydroxylation is 1. The van der Waals surface area contributed by atoms with Crippen LogP contribution in [-0.2, 0) is 17.3 Å². The van der Waals surface area contributed by atoms with Crippen LogP contribution in [0, 0.1) is 0 Å². The zero-order chi connectivity index (χ0) is 24.2. The summed E-state index contributed by atoms with van der Waals surface area (Å²) in [4.78, 5) is 20.3. The first-order valence-electron chi connectivity index (χ1n) is 11.7. The maximum atomic E-state index is 14.2. The van der Waals surface area contributed by atoms with Crippen LogP contribution in [0.4, 0.5) is 17.2 Å².